The van der Waals surface area contributed by atoms with E-state index >= 15 is 0 Å². The number of aliphatic hydroxyl groups is 2. The van der Waals surface area contributed by atoms with E-state index in [9.17, 15) is 13.2 Å². The SMILES string of the molecule is OC[C@H]1O[C@@H](O)[C@H](F)[C@@H](F)[C@H]1F. The molecular weight excluding hydrogens is 177 g/mol. The van der Waals surface area contributed by atoms with Gasteiger partial charge in [0.1, 0.15) is 6.10 Å². The van der Waals surface area contributed by atoms with Gasteiger partial charge < -0.3 is 14.9 Å². The Bertz CT molecular complexity index is 152. The summed E-state index contributed by atoms with van der Waals surface area (Å²) in [6.07, 6.45) is -10.5. The number of ether oxygens (including phenoxy) is 1. The van der Waals surface area contributed by atoms with E-state index < -0.39 is 37.5 Å². The lowest BCUT2D eigenvalue weighted by atomic mass is 10.0. The van der Waals surface area contributed by atoms with Crippen molar-refractivity contribution < 1.29 is 28.1 Å². The van der Waals surface area contributed by atoms with Crippen LogP contribution >= 0.6 is 0 Å². The van der Waals surface area contributed by atoms with Crippen LogP contribution in [0.25, 0.3) is 0 Å². The molecule has 3 nitrogen and oxygen atoms in total. The van der Waals surface area contributed by atoms with Crippen LogP contribution < -0.4 is 0 Å². The normalized spacial score (nSPS) is 49.2. The van der Waals surface area contributed by atoms with Crippen LogP contribution in [-0.2, 0) is 4.74 Å². The Kier molecular flexibility index (Phi) is 2.92. The van der Waals surface area contributed by atoms with Crippen molar-refractivity contribution in [1.29, 1.82) is 0 Å². The van der Waals surface area contributed by atoms with Crippen molar-refractivity contribution >= 4 is 0 Å². The third-order valence-electron chi connectivity index (χ3n) is 1.73. The minimum absolute atomic E-state index is 0.786. The van der Waals surface area contributed by atoms with Gasteiger partial charge in [0.25, 0.3) is 0 Å². The first-order valence-corrected chi connectivity index (χ1v) is 3.44. The van der Waals surface area contributed by atoms with Crippen molar-refractivity contribution in [2.45, 2.75) is 30.9 Å². The van der Waals surface area contributed by atoms with E-state index in [0.29, 0.717) is 0 Å². The highest BCUT2D eigenvalue weighted by atomic mass is 19.2. The molecule has 1 heterocycles. The molecule has 0 aliphatic carbocycles. The molecule has 12 heavy (non-hydrogen) atoms. The van der Waals surface area contributed by atoms with Crippen molar-refractivity contribution in [3.63, 3.8) is 0 Å². The lowest BCUT2D eigenvalue weighted by Gasteiger charge is -2.33. The second-order valence-corrected chi connectivity index (χ2v) is 2.58. The average Bonchev–Trinajstić information content (AvgIpc) is 2.08. The first-order valence-electron chi connectivity index (χ1n) is 3.44. The summed E-state index contributed by atoms with van der Waals surface area (Å²) in [7, 11) is 0. The molecule has 0 aromatic heterocycles. The van der Waals surface area contributed by atoms with Gasteiger partial charge in [0.05, 0.1) is 6.61 Å². The first-order chi connectivity index (χ1) is 5.57. The smallest absolute Gasteiger partial charge is 0.189 e. The van der Waals surface area contributed by atoms with Gasteiger partial charge >= 0.3 is 0 Å². The fourth-order valence-corrected chi connectivity index (χ4v) is 1.01. The van der Waals surface area contributed by atoms with Crippen molar-refractivity contribution in [3.05, 3.63) is 0 Å². The van der Waals surface area contributed by atoms with Gasteiger partial charge in [-0.15, -0.1) is 0 Å². The molecule has 0 unspecified atom stereocenters. The maximum absolute atomic E-state index is 12.7. The molecule has 2 N–H and O–H groups in total. The Morgan fingerprint density at radius 2 is 1.67 bits per heavy atom. The van der Waals surface area contributed by atoms with Crippen molar-refractivity contribution in [1.82, 2.24) is 0 Å². The summed E-state index contributed by atoms with van der Waals surface area (Å²) in [6.45, 7) is -0.786. The van der Waals surface area contributed by atoms with Gasteiger partial charge in [-0.2, -0.15) is 0 Å². The molecule has 1 fully saturated rings. The minimum Gasteiger partial charge on any atom is -0.394 e. The van der Waals surface area contributed by atoms with Crippen LogP contribution in [0.15, 0.2) is 0 Å². The van der Waals surface area contributed by atoms with Crippen molar-refractivity contribution in [3.8, 4) is 0 Å². The Morgan fingerprint density at radius 3 is 2.17 bits per heavy atom. The standard InChI is InChI=1S/C6H9F3O3/c7-3-2(1-10)12-6(11)5(9)4(3)8/h2-6,10-11H,1H2/t2-,3+,4+,5-,6-/m1/s1. The maximum atomic E-state index is 12.7. The van der Waals surface area contributed by atoms with Crippen LogP contribution in [0.1, 0.15) is 0 Å². The average molecular weight is 186 g/mol. The van der Waals surface area contributed by atoms with Gasteiger partial charge in [-0.05, 0) is 0 Å². The molecule has 0 aromatic rings. The molecule has 72 valence electrons. The third kappa shape index (κ3) is 1.55. The topological polar surface area (TPSA) is 49.7 Å². The Balaban J connectivity index is 2.63. The number of alkyl halides is 3. The van der Waals surface area contributed by atoms with Crippen molar-refractivity contribution in [2.75, 3.05) is 6.61 Å². The molecular formula is C6H9F3O3. The zero-order chi connectivity index (χ0) is 9.30. The van der Waals surface area contributed by atoms with Gasteiger partial charge in [0, 0.05) is 0 Å². The summed E-state index contributed by atoms with van der Waals surface area (Å²) in [6, 6.07) is 0. The van der Waals surface area contributed by atoms with Crippen LogP contribution in [0.2, 0.25) is 0 Å². The lowest BCUT2D eigenvalue weighted by Crippen LogP contribution is -2.53. The van der Waals surface area contributed by atoms with Gasteiger partial charge in [0.2, 0.25) is 0 Å². The van der Waals surface area contributed by atoms with Gasteiger partial charge in [-0.3, -0.25) is 0 Å². The maximum Gasteiger partial charge on any atom is 0.189 e. The van der Waals surface area contributed by atoms with Crippen LogP contribution in [0, 0.1) is 0 Å². The van der Waals surface area contributed by atoms with E-state index in [1.807, 2.05) is 0 Å². The molecule has 0 saturated carbocycles. The highest BCUT2D eigenvalue weighted by Gasteiger charge is 2.46. The predicted octanol–water partition coefficient (Wildman–Crippen LogP) is -0.290. The van der Waals surface area contributed by atoms with E-state index in [1.165, 1.54) is 0 Å². The second-order valence-electron chi connectivity index (χ2n) is 2.58. The largest absolute Gasteiger partial charge is 0.394 e. The van der Waals surface area contributed by atoms with E-state index in [2.05, 4.69) is 4.74 Å². The van der Waals surface area contributed by atoms with Crippen LogP contribution in [0.4, 0.5) is 13.2 Å². The molecule has 1 aliphatic rings. The van der Waals surface area contributed by atoms with Crippen LogP contribution in [-0.4, -0.2) is 47.7 Å². The first kappa shape index (κ1) is 9.76. The third-order valence-corrected chi connectivity index (χ3v) is 1.73. The summed E-state index contributed by atoms with van der Waals surface area (Å²) in [5.41, 5.74) is 0. The zero-order valence-corrected chi connectivity index (χ0v) is 6.03. The van der Waals surface area contributed by atoms with Crippen LogP contribution in [0.3, 0.4) is 0 Å². The monoisotopic (exact) mass is 186 g/mol. The number of rotatable bonds is 1. The highest BCUT2D eigenvalue weighted by molar-refractivity contribution is 4.89. The summed E-state index contributed by atoms with van der Waals surface area (Å²) in [4.78, 5) is 0. The molecule has 0 spiro atoms. The zero-order valence-electron chi connectivity index (χ0n) is 6.03. The molecule has 0 aromatic carbocycles. The fraction of sp³-hybridized carbons (Fsp3) is 1.00. The second kappa shape index (κ2) is 3.59. The Hall–Kier alpha value is -0.330. The van der Waals surface area contributed by atoms with Crippen molar-refractivity contribution in [2.24, 2.45) is 0 Å². The quantitative estimate of drug-likeness (QED) is 0.591. The van der Waals surface area contributed by atoms with Crippen LogP contribution in [0.5, 0.6) is 0 Å². The molecule has 1 aliphatic heterocycles. The van der Waals surface area contributed by atoms with E-state index in [-0.39, 0.29) is 0 Å². The summed E-state index contributed by atoms with van der Waals surface area (Å²) in [5.74, 6) is 0. The molecule has 0 amide bonds. The number of hydrogen-bond donors (Lipinski definition) is 2. The Labute approximate surface area is 66.8 Å². The van der Waals surface area contributed by atoms with E-state index in [4.69, 9.17) is 10.2 Å². The lowest BCUT2D eigenvalue weighted by molar-refractivity contribution is -0.246. The minimum atomic E-state index is -2.44. The molecule has 1 rings (SSSR count). The number of aliphatic hydroxyl groups excluding tert-OH is 2. The molecule has 5 atom stereocenters. The molecule has 6 heteroatoms. The molecule has 0 radical (unpaired) electrons. The Morgan fingerprint density at radius 1 is 1.08 bits per heavy atom. The molecule has 0 bridgehead atoms. The number of hydrogen-bond acceptors (Lipinski definition) is 3. The summed E-state index contributed by atoms with van der Waals surface area (Å²) in [5, 5.41) is 17.1. The van der Waals surface area contributed by atoms with Gasteiger partial charge in [0.15, 0.2) is 24.8 Å². The van der Waals surface area contributed by atoms with E-state index in [1.54, 1.807) is 0 Å². The van der Waals surface area contributed by atoms with Gasteiger partial charge in [-0.1, -0.05) is 0 Å². The van der Waals surface area contributed by atoms with E-state index in [0.717, 1.165) is 0 Å². The summed E-state index contributed by atoms with van der Waals surface area (Å²) < 4.78 is 41.9. The highest BCUT2D eigenvalue weighted by Crippen LogP contribution is 2.26. The number of halogens is 3. The fourth-order valence-electron chi connectivity index (χ4n) is 1.01. The molecule has 1 saturated heterocycles. The predicted molar refractivity (Wildman–Crippen MR) is 32.7 cm³/mol. The van der Waals surface area contributed by atoms with Gasteiger partial charge in [-0.25, -0.2) is 13.2 Å². The summed E-state index contributed by atoms with van der Waals surface area (Å²) >= 11 is 0.